The number of aryl methyl sites for hydroxylation is 1. The zero-order chi connectivity index (χ0) is 14.3. The number of nitrogens with one attached hydrogen (secondary N) is 2. The van der Waals surface area contributed by atoms with Gasteiger partial charge in [-0.25, -0.2) is 4.79 Å². The van der Waals surface area contributed by atoms with Gasteiger partial charge in [-0.1, -0.05) is 6.07 Å². The Hall–Kier alpha value is -2.24. The number of carbonyl (C=O) groups is 1. The van der Waals surface area contributed by atoms with E-state index < -0.39 is 5.54 Å². The van der Waals surface area contributed by atoms with E-state index in [2.05, 4.69) is 5.32 Å². The van der Waals surface area contributed by atoms with Crippen molar-refractivity contribution in [1.82, 2.24) is 10.2 Å². The van der Waals surface area contributed by atoms with Crippen LogP contribution in [-0.2, 0) is 6.42 Å². The Morgan fingerprint density at radius 3 is 2.85 bits per heavy atom. The third kappa shape index (κ3) is 1.88. The molecule has 106 valence electrons. The minimum atomic E-state index is -0.576. The molecule has 0 aromatic heterocycles. The summed E-state index contributed by atoms with van der Waals surface area (Å²) in [5.74, 6) is 1.78. The van der Waals surface area contributed by atoms with Crippen molar-refractivity contribution >= 4 is 11.9 Å². The lowest BCUT2D eigenvalue weighted by molar-refractivity contribution is 0.174. The third-order valence-corrected chi connectivity index (χ3v) is 4.15. The van der Waals surface area contributed by atoms with Crippen LogP contribution in [0, 0.1) is 5.41 Å². The average molecular weight is 275 g/mol. The lowest BCUT2D eigenvalue weighted by atomic mass is 9.92. The second-order valence-corrected chi connectivity index (χ2v) is 5.33. The summed E-state index contributed by atoms with van der Waals surface area (Å²) in [4.78, 5) is 13.2. The van der Waals surface area contributed by atoms with Crippen molar-refractivity contribution in [3.8, 4) is 11.5 Å². The molecule has 2 heterocycles. The largest absolute Gasteiger partial charge is 0.454 e. The number of rotatable bonds is 3. The number of amidine groups is 1. The van der Waals surface area contributed by atoms with Crippen molar-refractivity contribution in [2.24, 2.45) is 0 Å². The molecular formula is C14H17N3O3. The first-order valence-electron chi connectivity index (χ1n) is 6.53. The fourth-order valence-electron chi connectivity index (χ4n) is 2.49. The first kappa shape index (κ1) is 12.8. The van der Waals surface area contributed by atoms with Gasteiger partial charge < -0.3 is 14.4 Å². The van der Waals surface area contributed by atoms with Gasteiger partial charge in [-0.05, 0) is 37.5 Å². The van der Waals surface area contributed by atoms with Crippen molar-refractivity contribution in [3.05, 3.63) is 23.8 Å². The fraction of sp³-hybridized carbons (Fsp3) is 0.429. The quantitative estimate of drug-likeness (QED) is 0.882. The summed E-state index contributed by atoms with van der Waals surface area (Å²) in [6.45, 7) is 2.17. The van der Waals surface area contributed by atoms with Crippen LogP contribution in [0.15, 0.2) is 18.2 Å². The number of benzene rings is 1. The van der Waals surface area contributed by atoms with Crippen molar-refractivity contribution in [3.63, 3.8) is 0 Å². The van der Waals surface area contributed by atoms with Gasteiger partial charge >= 0.3 is 6.03 Å². The molecule has 0 aliphatic carbocycles. The van der Waals surface area contributed by atoms with Crippen LogP contribution in [0.1, 0.15) is 18.9 Å². The van der Waals surface area contributed by atoms with Crippen LogP contribution in [0.4, 0.5) is 4.79 Å². The van der Waals surface area contributed by atoms with E-state index in [1.54, 1.807) is 11.9 Å². The second-order valence-electron chi connectivity index (χ2n) is 5.33. The molecule has 1 saturated heterocycles. The zero-order valence-electron chi connectivity index (χ0n) is 11.5. The summed E-state index contributed by atoms with van der Waals surface area (Å²) in [6.07, 6.45) is 1.44. The first-order chi connectivity index (χ1) is 9.50. The molecule has 1 aromatic rings. The van der Waals surface area contributed by atoms with Gasteiger partial charge in [0.1, 0.15) is 5.84 Å². The standard InChI is InChI=1S/C14H17N3O3/c1-14(12(15)16-13(18)17(14)2)6-5-9-3-4-10-11(7-9)20-8-19-10/h3-4,7H,5-6,8H2,1-2H3,(H2,15,16,18). The molecule has 0 spiro atoms. The van der Waals surface area contributed by atoms with Crippen molar-refractivity contribution < 1.29 is 14.3 Å². The van der Waals surface area contributed by atoms with E-state index >= 15 is 0 Å². The Bertz CT molecular complexity index is 587. The van der Waals surface area contributed by atoms with Crippen LogP contribution in [-0.4, -0.2) is 36.1 Å². The maximum Gasteiger partial charge on any atom is 0.323 e. The maximum absolute atomic E-state index is 11.6. The number of amides is 2. The number of hydrogen-bond donors (Lipinski definition) is 2. The summed E-state index contributed by atoms with van der Waals surface area (Å²) in [6, 6.07) is 5.63. The normalized spacial score (nSPS) is 24.2. The molecular weight excluding hydrogens is 258 g/mol. The predicted octanol–water partition coefficient (Wildman–Crippen LogP) is 1.74. The summed E-state index contributed by atoms with van der Waals surface area (Å²) < 4.78 is 10.6. The fourth-order valence-corrected chi connectivity index (χ4v) is 2.49. The smallest absolute Gasteiger partial charge is 0.323 e. The molecule has 1 fully saturated rings. The van der Waals surface area contributed by atoms with Crippen molar-refractivity contribution in [2.75, 3.05) is 13.8 Å². The summed E-state index contributed by atoms with van der Waals surface area (Å²) >= 11 is 0. The van der Waals surface area contributed by atoms with Gasteiger partial charge in [-0.2, -0.15) is 0 Å². The molecule has 2 N–H and O–H groups in total. The van der Waals surface area contributed by atoms with E-state index in [4.69, 9.17) is 14.9 Å². The number of likely N-dealkylation sites (N-methyl/N-ethyl adjacent to an activating group) is 1. The summed E-state index contributed by atoms with van der Waals surface area (Å²) in [5.41, 5.74) is 0.531. The lowest BCUT2D eigenvalue weighted by Gasteiger charge is -2.30. The minimum Gasteiger partial charge on any atom is -0.454 e. The van der Waals surface area contributed by atoms with Crippen molar-refractivity contribution in [1.29, 1.82) is 5.41 Å². The number of fused-ring (bicyclic) bond motifs is 1. The van der Waals surface area contributed by atoms with Crippen LogP contribution < -0.4 is 14.8 Å². The van der Waals surface area contributed by atoms with Gasteiger partial charge in [0.25, 0.3) is 0 Å². The summed E-state index contributed by atoms with van der Waals surface area (Å²) in [7, 11) is 1.72. The van der Waals surface area contributed by atoms with Gasteiger partial charge in [0.05, 0.1) is 5.54 Å². The Balaban J connectivity index is 1.73. The molecule has 0 bridgehead atoms. The minimum absolute atomic E-state index is 0.219. The van der Waals surface area contributed by atoms with Crippen LogP contribution in [0.3, 0.4) is 0 Å². The third-order valence-electron chi connectivity index (χ3n) is 4.15. The molecule has 6 heteroatoms. The molecule has 2 amide bonds. The Labute approximate surface area is 117 Å². The van der Waals surface area contributed by atoms with Crippen molar-refractivity contribution in [2.45, 2.75) is 25.3 Å². The Morgan fingerprint density at radius 1 is 1.40 bits per heavy atom. The highest BCUT2D eigenvalue weighted by Crippen LogP contribution is 2.34. The molecule has 20 heavy (non-hydrogen) atoms. The van der Waals surface area contributed by atoms with Gasteiger partial charge in [-0.3, -0.25) is 10.7 Å². The van der Waals surface area contributed by atoms with Gasteiger partial charge in [0.15, 0.2) is 11.5 Å². The van der Waals surface area contributed by atoms with Crippen LogP contribution in [0.5, 0.6) is 11.5 Å². The average Bonchev–Trinajstić information content (AvgIpc) is 2.97. The van der Waals surface area contributed by atoms with Gasteiger partial charge in [-0.15, -0.1) is 0 Å². The molecule has 2 aliphatic rings. The highest BCUT2D eigenvalue weighted by atomic mass is 16.7. The van der Waals surface area contributed by atoms with E-state index in [9.17, 15) is 4.79 Å². The van der Waals surface area contributed by atoms with Gasteiger partial charge in [0, 0.05) is 7.05 Å². The molecule has 1 aromatic carbocycles. The molecule has 3 rings (SSSR count). The maximum atomic E-state index is 11.6. The van der Waals surface area contributed by atoms with E-state index in [1.807, 2.05) is 25.1 Å². The highest BCUT2D eigenvalue weighted by molar-refractivity contribution is 6.08. The molecule has 2 aliphatic heterocycles. The van der Waals surface area contributed by atoms with E-state index in [-0.39, 0.29) is 18.7 Å². The monoisotopic (exact) mass is 275 g/mol. The molecule has 1 atom stereocenters. The molecule has 0 radical (unpaired) electrons. The number of carbonyl (C=O) groups excluding carboxylic acids is 1. The van der Waals surface area contributed by atoms with Crippen LogP contribution in [0.25, 0.3) is 0 Å². The SMILES string of the molecule is CN1C(=O)NC(=N)C1(C)CCc1ccc2c(c1)OCO2. The number of nitrogens with zero attached hydrogens (tertiary/aromatic N) is 1. The molecule has 1 unspecified atom stereocenters. The molecule has 0 saturated carbocycles. The lowest BCUT2D eigenvalue weighted by Crippen LogP contribution is -2.44. The topological polar surface area (TPSA) is 74.7 Å². The zero-order valence-corrected chi connectivity index (χ0v) is 11.5. The predicted molar refractivity (Wildman–Crippen MR) is 73.3 cm³/mol. The van der Waals surface area contributed by atoms with E-state index in [0.717, 1.165) is 23.5 Å². The first-order valence-corrected chi connectivity index (χ1v) is 6.53. The number of ether oxygens (including phenoxy) is 2. The Kier molecular flexibility index (Phi) is 2.81. The van der Waals surface area contributed by atoms with E-state index in [0.29, 0.717) is 6.42 Å². The summed E-state index contributed by atoms with van der Waals surface area (Å²) in [5, 5.41) is 10.5. The van der Waals surface area contributed by atoms with Gasteiger partial charge in [0.2, 0.25) is 6.79 Å². The number of hydrogen-bond acceptors (Lipinski definition) is 4. The molecule has 6 nitrogen and oxygen atoms in total. The van der Waals surface area contributed by atoms with Crippen LogP contribution >= 0.6 is 0 Å². The Morgan fingerprint density at radius 2 is 2.15 bits per heavy atom. The number of urea groups is 1. The highest BCUT2D eigenvalue weighted by Gasteiger charge is 2.43. The van der Waals surface area contributed by atoms with E-state index in [1.165, 1.54) is 0 Å². The second kappa shape index (κ2) is 4.40. The van der Waals surface area contributed by atoms with Crippen LogP contribution in [0.2, 0.25) is 0 Å².